The van der Waals surface area contributed by atoms with Crippen LogP contribution in [0.5, 0.6) is 0 Å². The molecule has 0 spiro atoms. The van der Waals surface area contributed by atoms with Crippen molar-refractivity contribution in [3.63, 3.8) is 0 Å². The number of nitrogens with zero attached hydrogens (tertiary/aromatic N) is 4. The van der Waals surface area contributed by atoms with Crippen molar-refractivity contribution in [3.8, 4) is 0 Å². The van der Waals surface area contributed by atoms with E-state index < -0.39 is 0 Å². The lowest BCUT2D eigenvalue weighted by atomic mass is 10.1. The summed E-state index contributed by atoms with van der Waals surface area (Å²) in [7, 11) is 0. The molecule has 0 unspecified atom stereocenters. The van der Waals surface area contributed by atoms with E-state index in [1.165, 1.54) is 29.8 Å². The summed E-state index contributed by atoms with van der Waals surface area (Å²) in [6.45, 7) is 11.5. The third kappa shape index (κ3) is 5.89. The SMILES string of the molecule is CC(=O)c1c(C)nc(C)nc1SCC(=O)N1CCCN(Cc2ccc(C)cc2)CC1. The van der Waals surface area contributed by atoms with E-state index in [2.05, 4.69) is 46.1 Å². The molecule has 160 valence electrons. The smallest absolute Gasteiger partial charge is 0.233 e. The van der Waals surface area contributed by atoms with Crippen LogP contribution in [0.3, 0.4) is 0 Å². The fraction of sp³-hybridized carbons (Fsp3) is 0.478. The maximum absolute atomic E-state index is 12.8. The summed E-state index contributed by atoms with van der Waals surface area (Å²) in [6.07, 6.45) is 0.965. The topological polar surface area (TPSA) is 66.4 Å². The van der Waals surface area contributed by atoms with Gasteiger partial charge in [-0.3, -0.25) is 14.5 Å². The molecule has 0 N–H and O–H groups in total. The first-order valence-electron chi connectivity index (χ1n) is 10.4. The number of rotatable bonds is 6. The second-order valence-corrected chi connectivity index (χ2v) is 8.84. The summed E-state index contributed by atoms with van der Waals surface area (Å²) in [4.78, 5) is 37.9. The fourth-order valence-corrected chi connectivity index (χ4v) is 4.82. The van der Waals surface area contributed by atoms with Crippen molar-refractivity contribution in [2.75, 3.05) is 31.9 Å². The first-order chi connectivity index (χ1) is 14.3. The number of carbonyl (C=O) groups excluding carboxylic acids is 2. The summed E-state index contributed by atoms with van der Waals surface area (Å²) in [5.74, 6) is 0.937. The van der Waals surface area contributed by atoms with E-state index in [1.54, 1.807) is 6.92 Å². The normalized spacial score (nSPS) is 15.1. The van der Waals surface area contributed by atoms with Crippen LogP contribution in [0, 0.1) is 20.8 Å². The van der Waals surface area contributed by atoms with E-state index in [9.17, 15) is 9.59 Å². The molecule has 1 aromatic carbocycles. The minimum Gasteiger partial charge on any atom is -0.341 e. The Kier molecular flexibility index (Phi) is 7.61. The van der Waals surface area contributed by atoms with Crippen LogP contribution in [0.1, 0.15) is 46.3 Å². The molecule has 30 heavy (non-hydrogen) atoms. The number of aromatic nitrogens is 2. The third-order valence-corrected chi connectivity index (χ3v) is 6.28. The molecule has 1 aromatic heterocycles. The quantitative estimate of drug-likeness (QED) is 0.401. The zero-order valence-electron chi connectivity index (χ0n) is 18.3. The Morgan fingerprint density at radius 1 is 1.00 bits per heavy atom. The Bertz CT molecular complexity index is 914. The zero-order chi connectivity index (χ0) is 21.7. The molecule has 7 heteroatoms. The van der Waals surface area contributed by atoms with E-state index in [1.807, 2.05) is 11.8 Å². The lowest BCUT2D eigenvalue weighted by Crippen LogP contribution is -2.36. The maximum atomic E-state index is 12.8. The van der Waals surface area contributed by atoms with Crippen molar-refractivity contribution in [1.29, 1.82) is 0 Å². The summed E-state index contributed by atoms with van der Waals surface area (Å²) in [6, 6.07) is 8.65. The van der Waals surface area contributed by atoms with Gasteiger partial charge in [0.2, 0.25) is 5.91 Å². The van der Waals surface area contributed by atoms with Gasteiger partial charge in [0.1, 0.15) is 10.9 Å². The standard InChI is InChI=1S/C23H30N4O2S/c1-16-6-8-20(9-7-16)14-26-10-5-11-27(13-12-26)21(29)15-30-23-22(18(3)28)17(2)24-19(4)25-23/h6-9H,5,10-15H2,1-4H3. The molecule has 1 aliphatic rings. The molecule has 1 fully saturated rings. The monoisotopic (exact) mass is 426 g/mol. The molecule has 3 rings (SSSR count). The minimum atomic E-state index is -0.0658. The van der Waals surface area contributed by atoms with Crippen molar-refractivity contribution < 1.29 is 9.59 Å². The van der Waals surface area contributed by atoms with Gasteiger partial charge in [0.05, 0.1) is 17.0 Å². The number of hydrogen-bond donors (Lipinski definition) is 0. The second-order valence-electron chi connectivity index (χ2n) is 7.88. The number of hydrogen-bond acceptors (Lipinski definition) is 6. The average Bonchev–Trinajstić information content (AvgIpc) is 2.92. The predicted octanol–water partition coefficient (Wildman–Crippen LogP) is 3.43. The number of thioether (sulfide) groups is 1. The maximum Gasteiger partial charge on any atom is 0.233 e. The van der Waals surface area contributed by atoms with E-state index in [0.29, 0.717) is 22.1 Å². The van der Waals surface area contributed by atoms with E-state index >= 15 is 0 Å². The molecular weight excluding hydrogens is 396 g/mol. The van der Waals surface area contributed by atoms with Gasteiger partial charge >= 0.3 is 0 Å². The first-order valence-corrected chi connectivity index (χ1v) is 11.4. The van der Waals surface area contributed by atoms with Gasteiger partial charge in [0.15, 0.2) is 5.78 Å². The van der Waals surface area contributed by atoms with E-state index in [0.717, 1.165) is 39.1 Å². The number of carbonyl (C=O) groups is 2. The van der Waals surface area contributed by atoms with Gasteiger partial charge in [-0.15, -0.1) is 0 Å². The van der Waals surface area contributed by atoms with Gasteiger partial charge in [-0.05, 0) is 39.7 Å². The van der Waals surface area contributed by atoms with Crippen molar-refractivity contribution in [2.45, 2.75) is 45.7 Å². The largest absolute Gasteiger partial charge is 0.341 e. The van der Waals surface area contributed by atoms with E-state index in [4.69, 9.17) is 0 Å². The van der Waals surface area contributed by atoms with Crippen LogP contribution < -0.4 is 0 Å². The van der Waals surface area contributed by atoms with Crippen molar-refractivity contribution >= 4 is 23.5 Å². The second kappa shape index (κ2) is 10.2. The van der Waals surface area contributed by atoms with Crippen LogP contribution in [0.25, 0.3) is 0 Å². The highest BCUT2D eigenvalue weighted by Crippen LogP contribution is 2.24. The molecule has 0 saturated carbocycles. The molecule has 1 aliphatic heterocycles. The molecule has 0 aliphatic carbocycles. The summed E-state index contributed by atoms with van der Waals surface area (Å²) in [5.41, 5.74) is 3.78. The number of amides is 1. The number of Topliss-reactive ketones (excluding diaryl/α,β-unsaturated/α-hetero) is 1. The lowest BCUT2D eigenvalue weighted by Gasteiger charge is -2.22. The molecule has 0 bridgehead atoms. The van der Waals surface area contributed by atoms with Crippen LogP contribution >= 0.6 is 11.8 Å². The molecule has 1 amide bonds. The number of aryl methyl sites for hydroxylation is 3. The third-order valence-electron chi connectivity index (χ3n) is 5.32. The molecule has 1 saturated heterocycles. The van der Waals surface area contributed by atoms with Gasteiger partial charge in [-0.2, -0.15) is 0 Å². The van der Waals surface area contributed by atoms with Gasteiger partial charge in [0, 0.05) is 32.7 Å². The van der Waals surface area contributed by atoms with Crippen molar-refractivity contribution in [2.24, 2.45) is 0 Å². The Morgan fingerprint density at radius 2 is 1.73 bits per heavy atom. The van der Waals surface area contributed by atoms with Crippen molar-refractivity contribution in [1.82, 2.24) is 19.8 Å². The Hall–Kier alpha value is -2.25. The predicted molar refractivity (Wildman–Crippen MR) is 120 cm³/mol. The number of benzene rings is 1. The van der Waals surface area contributed by atoms with Gasteiger partial charge in [-0.1, -0.05) is 41.6 Å². The van der Waals surface area contributed by atoms with Crippen LogP contribution in [0.2, 0.25) is 0 Å². The van der Waals surface area contributed by atoms with Crippen LogP contribution in [-0.2, 0) is 11.3 Å². The van der Waals surface area contributed by atoms with E-state index in [-0.39, 0.29) is 17.4 Å². The summed E-state index contributed by atoms with van der Waals surface area (Å²) >= 11 is 1.34. The lowest BCUT2D eigenvalue weighted by molar-refractivity contribution is -0.128. The summed E-state index contributed by atoms with van der Waals surface area (Å²) in [5, 5.41) is 0.608. The molecule has 2 aromatic rings. The molecule has 0 atom stereocenters. The van der Waals surface area contributed by atoms with Gasteiger partial charge < -0.3 is 4.90 Å². The summed E-state index contributed by atoms with van der Waals surface area (Å²) < 4.78 is 0. The highest BCUT2D eigenvalue weighted by Gasteiger charge is 2.21. The van der Waals surface area contributed by atoms with Crippen LogP contribution in [0.4, 0.5) is 0 Å². The highest BCUT2D eigenvalue weighted by molar-refractivity contribution is 8.00. The zero-order valence-corrected chi connectivity index (χ0v) is 19.1. The Morgan fingerprint density at radius 3 is 2.43 bits per heavy atom. The Labute approximate surface area is 183 Å². The molecular formula is C23H30N4O2S. The van der Waals surface area contributed by atoms with Crippen LogP contribution in [-0.4, -0.2) is 63.4 Å². The molecule has 6 nitrogen and oxygen atoms in total. The van der Waals surface area contributed by atoms with Gasteiger partial charge in [0.25, 0.3) is 0 Å². The highest BCUT2D eigenvalue weighted by atomic mass is 32.2. The van der Waals surface area contributed by atoms with Crippen molar-refractivity contribution in [3.05, 3.63) is 52.5 Å². The average molecular weight is 427 g/mol. The molecule has 0 radical (unpaired) electrons. The van der Waals surface area contributed by atoms with Crippen LogP contribution in [0.15, 0.2) is 29.3 Å². The first kappa shape index (κ1) is 22.4. The minimum absolute atomic E-state index is 0.0658. The Balaban J connectivity index is 1.57. The fourth-order valence-electron chi connectivity index (χ4n) is 3.74. The molecule has 2 heterocycles. The van der Waals surface area contributed by atoms with Gasteiger partial charge in [-0.25, -0.2) is 9.97 Å². The number of ketones is 1.